The van der Waals surface area contributed by atoms with Gasteiger partial charge in [-0.25, -0.2) is 9.97 Å². The topological polar surface area (TPSA) is 47.5 Å². The highest BCUT2D eigenvalue weighted by Gasteiger charge is 2.21. The van der Waals surface area contributed by atoms with Gasteiger partial charge >= 0.3 is 0 Å². The molecule has 0 saturated carbocycles. The molecule has 1 aliphatic carbocycles. The molecule has 0 radical (unpaired) electrons. The highest BCUT2D eigenvalue weighted by molar-refractivity contribution is 7.17. The third kappa shape index (κ3) is 3.25. The van der Waals surface area contributed by atoms with E-state index in [1.54, 1.807) is 18.4 Å². The molecule has 6 heteroatoms. The number of nitrogens with zero attached hydrogens (tertiary/aromatic N) is 3. The summed E-state index contributed by atoms with van der Waals surface area (Å²) in [5.74, 6) is 1.75. The second-order valence-corrected chi connectivity index (χ2v) is 7.22. The largest absolute Gasteiger partial charge is 0.378 e. The van der Waals surface area contributed by atoms with E-state index in [4.69, 9.17) is 19.4 Å². The summed E-state index contributed by atoms with van der Waals surface area (Å²) >= 11 is 1.69. The zero-order valence-corrected chi connectivity index (χ0v) is 15.3. The molecule has 2 aromatic rings. The number of anilines is 1. The van der Waals surface area contributed by atoms with Crippen molar-refractivity contribution < 1.29 is 9.47 Å². The Hall–Kier alpha value is -2.02. The van der Waals surface area contributed by atoms with Crippen molar-refractivity contribution in [3.05, 3.63) is 47.7 Å². The molecule has 1 saturated heterocycles. The van der Waals surface area contributed by atoms with Gasteiger partial charge in [-0.3, -0.25) is 0 Å². The molecule has 2 aromatic heterocycles. The van der Waals surface area contributed by atoms with Crippen LogP contribution < -0.4 is 4.90 Å². The van der Waals surface area contributed by atoms with Crippen LogP contribution in [0.2, 0.25) is 0 Å². The normalized spacial score (nSPS) is 23.8. The Morgan fingerprint density at radius 3 is 2.88 bits per heavy atom. The Morgan fingerprint density at radius 2 is 2.08 bits per heavy atom. The Morgan fingerprint density at radius 1 is 1.24 bits per heavy atom. The van der Waals surface area contributed by atoms with Crippen LogP contribution in [0.5, 0.6) is 0 Å². The molecule has 4 rings (SSSR count). The first-order valence-corrected chi connectivity index (χ1v) is 9.29. The molecule has 0 aromatic carbocycles. The molecular weight excluding hydrogens is 334 g/mol. The number of allylic oxidation sites excluding steroid dienone is 4. The van der Waals surface area contributed by atoms with E-state index in [0.717, 1.165) is 53.7 Å². The van der Waals surface area contributed by atoms with E-state index in [-0.39, 0.29) is 0 Å². The number of methoxy groups -OCH3 is 1. The third-order valence-electron chi connectivity index (χ3n) is 4.59. The summed E-state index contributed by atoms with van der Waals surface area (Å²) in [6, 6.07) is 2.06. The van der Waals surface area contributed by atoms with Gasteiger partial charge in [0.25, 0.3) is 0 Å². The lowest BCUT2D eigenvalue weighted by atomic mass is 10.1. The first kappa shape index (κ1) is 16.4. The minimum atomic E-state index is -0.405. The van der Waals surface area contributed by atoms with Gasteiger partial charge in [0.05, 0.1) is 23.4 Å². The van der Waals surface area contributed by atoms with Crippen molar-refractivity contribution in [3.63, 3.8) is 0 Å². The maximum absolute atomic E-state index is 5.55. The highest BCUT2D eigenvalue weighted by atomic mass is 32.1. The van der Waals surface area contributed by atoms with E-state index >= 15 is 0 Å². The second-order valence-electron chi connectivity index (χ2n) is 6.31. The van der Waals surface area contributed by atoms with Crippen molar-refractivity contribution in [2.75, 3.05) is 38.3 Å². The van der Waals surface area contributed by atoms with E-state index < -0.39 is 5.60 Å². The molecule has 1 aliphatic heterocycles. The quantitative estimate of drug-likeness (QED) is 0.844. The van der Waals surface area contributed by atoms with Crippen LogP contribution >= 0.6 is 11.3 Å². The number of hydrogen-bond acceptors (Lipinski definition) is 6. The molecule has 0 bridgehead atoms. The Bertz CT molecular complexity index is 865. The van der Waals surface area contributed by atoms with Crippen molar-refractivity contribution >= 4 is 32.9 Å². The van der Waals surface area contributed by atoms with Crippen LogP contribution in [0.4, 0.5) is 5.82 Å². The van der Waals surface area contributed by atoms with Crippen molar-refractivity contribution in [3.8, 4) is 0 Å². The van der Waals surface area contributed by atoms with Gasteiger partial charge in [-0.1, -0.05) is 18.2 Å². The molecule has 1 unspecified atom stereocenters. The summed E-state index contributed by atoms with van der Waals surface area (Å²) < 4.78 is 12.2. The average molecular weight is 355 g/mol. The van der Waals surface area contributed by atoms with Crippen LogP contribution in [0.3, 0.4) is 0 Å². The van der Waals surface area contributed by atoms with Gasteiger partial charge in [0.2, 0.25) is 0 Å². The first-order chi connectivity index (χ1) is 12.2. The van der Waals surface area contributed by atoms with E-state index in [9.17, 15) is 0 Å². The van der Waals surface area contributed by atoms with Crippen LogP contribution in [-0.2, 0) is 9.47 Å². The first-order valence-electron chi connectivity index (χ1n) is 8.41. The minimum absolute atomic E-state index is 0.405. The molecule has 25 heavy (non-hydrogen) atoms. The number of rotatable bonds is 3. The number of aromatic nitrogens is 2. The monoisotopic (exact) mass is 355 g/mol. The average Bonchev–Trinajstić information content (AvgIpc) is 3.04. The Labute approximate surface area is 151 Å². The van der Waals surface area contributed by atoms with Gasteiger partial charge in [0.15, 0.2) is 11.6 Å². The van der Waals surface area contributed by atoms with Crippen LogP contribution in [0, 0.1) is 0 Å². The van der Waals surface area contributed by atoms with Gasteiger partial charge in [0.1, 0.15) is 5.60 Å². The van der Waals surface area contributed by atoms with E-state index in [2.05, 4.69) is 16.3 Å². The van der Waals surface area contributed by atoms with Gasteiger partial charge in [-0.05, 0) is 30.5 Å². The number of morpholine rings is 1. The zero-order chi connectivity index (χ0) is 17.3. The van der Waals surface area contributed by atoms with Gasteiger partial charge < -0.3 is 14.4 Å². The SMILES string of the molecule is COC1(C)C=CC=C(c2nc(N3CCOCC3)c3sccc3n2)C=C1. The van der Waals surface area contributed by atoms with Crippen LogP contribution in [-0.4, -0.2) is 49.0 Å². The molecule has 0 amide bonds. The highest BCUT2D eigenvalue weighted by Crippen LogP contribution is 2.31. The maximum atomic E-state index is 5.55. The summed E-state index contributed by atoms with van der Waals surface area (Å²) in [6.45, 7) is 5.23. The molecule has 1 atom stereocenters. The van der Waals surface area contributed by atoms with Crippen molar-refractivity contribution in [2.45, 2.75) is 12.5 Å². The van der Waals surface area contributed by atoms with Crippen LogP contribution in [0.1, 0.15) is 12.7 Å². The number of fused-ring (bicyclic) bond motifs is 1. The Balaban J connectivity index is 1.77. The maximum Gasteiger partial charge on any atom is 0.162 e. The fourth-order valence-electron chi connectivity index (χ4n) is 2.96. The number of thiophene rings is 1. The zero-order valence-electron chi connectivity index (χ0n) is 14.4. The van der Waals surface area contributed by atoms with E-state index in [1.165, 1.54) is 0 Å². The summed E-state index contributed by atoms with van der Waals surface area (Å²) in [6.07, 6.45) is 10.2. The second kappa shape index (κ2) is 6.71. The standard InChI is InChI=1S/C19H21N3O2S/c1-19(23-2)7-3-4-14(5-8-19)17-20-15-6-13-25-16(15)18(21-17)22-9-11-24-12-10-22/h3-8,13H,9-12H2,1-2H3. The van der Waals surface area contributed by atoms with Crippen molar-refractivity contribution in [2.24, 2.45) is 0 Å². The van der Waals surface area contributed by atoms with E-state index in [0.29, 0.717) is 0 Å². The van der Waals surface area contributed by atoms with Crippen molar-refractivity contribution in [1.29, 1.82) is 0 Å². The third-order valence-corrected chi connectivity index (χ3v) is 5.49. The molecule has 5 nitrogen and oxygen atoms in total. The minimum Gasteiger partial charge on any atom is -0.378 e. The summed E-state index contributed by atoms with van der Waals surface area (Å²) in [4.78, 5) is 12.0. The molecular formula is C19H21N3O2S. The molecule has 3 heterocycles. The lowest BCUT2D eigenvalue weighted by Crippen LogP contribution is -2.37. The molecule has 0 spiro atoms. The molecule has 130 valence electrons. The van der Waals surface area contributed by atoms with Crippen LogP contribution in [0.15, 0.2) is 41.8 Å². The Kier molecular flexibility index (Phi) is 4.41. The van der Waals surface area contributed by atoms with Gasteiger partial charge in [0, 0.05) is 25.8 Å². The predicted octanol–water partition coefficient (Wildman–Crippen LogP) is 3.44. The number of ether oxygens (including phenoxy) is 2. The predicted molar refractivity (Wildman–Crippen MR) is 102 cm³/mol. The van der Waals surface area contributed by atoms with Crippen LogP contribution in [0.25, 0.3) is 15.8 Å². The lowest BCUT2D eigenvalue weighted by Gasteiger charge is -2.28. The summed E-state index contributed by atoms with van der Waals surface area (Å²) in [5.41, 5.74) is 1.57. The lowest BCUT2D eigenvalue weighted by molar-refractivity contribution is 0.0909. The molecule has 0 N–H and O–H groups in total. The molecule has 1 fully saturated rings. The molecule has 2 aliphatic rings. The van der Waals surface area contributed by atoms with Crippen molar-refractivity contribution in [1.82, 2.24) is 9.97 Å². The van der Waals surface area contributed by atoms with Gasteiger partial charge in [-0.2, -0.15) is 0 Å². The van der Waals surface area contributed by atoms with E-state index in [1.807, 2.05) is 37.3 Å². The summed E-state index contributed by atoms with van der Waals surface area (Å²) in [7, 11) is 1.71. The fraction of sp³-hybridized carbons (Fsp3) is 0.368. The fourth-order valence-corrected chi connectivity index (χ4v) is 3.81. The summed E-state index contributed by atoms with van der Waals surface area (Å²) in [5, 5.41) is 2.08. The smallest absolute Gasteiger partial charge is 0.162 e. The van der Waals surface area contributed by atoms with Gasteiger partial charge in [-0.15, -0.1) is 11.3 Å². The number of hydrogen-bond donors (Lipinski definition) is 0.